The summed E-state index contributed by atoms with van der Waals surface area (Å²) in [6, 6.07) is 0. The molecule has 0 aliphatic rings. The first-order chi connectivity index (χ1) is 8.99. The highest BCUT2D eigenvalue weighted by molar-refractivity contribution is 8.00. The van der Waals surface area contributed by atoms with Gasteiger partial charge in [0.25, 0.3) is 0 Å². The maximum atomic E-state index is 11.7. The second kappa shape index (κ2) is 7.19. The summed E-state index contributed by atoms with van der Waals surface area (Å²) in [5.41, 5.74) is 0. The fourth-order valence-corrected chi connectivity index (χ4v) is 3.79. The largest absolute Gasteiger partial charge is 0.224 e. The van der Waals surface area contributed by atoms with Crippen molar-refractivity contribution >= 4 is 29.5 Å². The Kier molecular flexibility index (Phi) is 6.85. The minimum Gasteiger partial charge on any atom is -0.224 e. The molecule has 0 saturated heterocycles. The Balaban J connectivity index is 5.59. The van der Waals surface area contributed by atoms with Crippen LogP contribution >= 0.6 is 0 Å². The summed E-state index contributed by atoms with van der Waals surface area (Å²) >= 11 is 0. The van der Waals surface area contributed by atoms with Crippen LogP contribution in [0.3, 0.4) is 0 Å². The van der Waals surface area contributed by atoms with Crippen molar-refractivity contribution in [3.05, 3.63) is 33.8 Å². The summed E-state index contributed by atoms with van der Waals surface area (Å²) in [6.45, 7) is 5.94. The molecule has 0 N–H and O–H groups in total. The van der Waals surface area contributed by atoms with Gasteiger partial charge in [0.1, 0.15) is 0 Å². The van der Waals surface area contributed by atoms with Gasteiger partial charge in [0.15, 0.2) is 29.5 Å². The van der Waals surface area contributed by atoms with Gasteiger partial charge in [-0.05, 0) is 0 Å². The summed E-state index contributed by atoms with van der Waals surface area (Å²) in [6.07, 6.45) is 0.781. The zero-order valence-electron chi connectivity index (χ0n) is 11.3. The third-order valence-electron chi connectivity index (χ3n) is 2.32. The van der Waals surface area contributed by atoms with Crippen LogP contribution in [0.2, 0.25) is 0 Å². The molecular formula is C11H18O6S3. The van der Waals surface area contributed by atoms with Gasteiger partial charge in [-0.2, -0.15) is 0 Å². The molecule has 0 heterocycles. The van der Waals surface area contributed by atoms with Crippen molar-refractivity contribution < 1.29 is 25.3 Å². The summed E-state index contributed by atoms with van der Waals surface area (Å²) in [7, 11) is -11.0. The second-order valence-corrected chi connectivity index (χ2v) is 10.0. The third-order valence-corrected chi connectivity index (χ3v) is 6.79. The van der Waals surface area contributed by atoms with Crippen molar-refractivity contribution in [2.45, 2.75) is 20.3 Å². The predicted molar refractivity (Wildman–Crippen MR) is 79.9 cm³/mol. The maximum absolute atomic E-state index is 11.7. The molecule has 0 fully saturated rings. The second-order valence-electron chi connectivity index (χ2n) is 3.77. The van der Waals surface area contributed by atoms with Gasteiger partial charge in [-0.1, -0.05) is 26.5 Å². The van der Waals surface area contributed by atoms with Crippen LogP contribution in [0.1, 0.15) is 20.3 Å². The van der Waals surface area contributed by atoms with Gasteiger partial charge in [-0.25, -0.2) is 25.3 Å². The highest BCUT2D eigenvalue weighted by Crippen LogP contribution is 2.16. The van der Waals surface area contributed by atoms with Crippen molar-refractivity contribution in [3.63, 3.8) is 0 Å². The van der Waals surface area contributed by atoms with Gasteiger partial charge in [-0.3, -0.25) is 0 Å². The molecule has 0 amide bonds. The molecule has 0 radical (unpaired) electrons. The lowest BCUT2D eigenvalue weighted by Crippen LogP contribution is -2.06. The van der Waals surface area contributed by atoms with E-state index in [2.05, 4.69) is 6.58 Å². The van der Waals surface area contributed by atoms with Gasteiger partial charge >= 0.3 is 0 Å². The smallest absolute Gasteiger partial charge is 0.196 e. The Hall–Kier alpha value is -0.930. The van der Waals surface area contributed by atoms with Gasteiger partial charge in [0.05, 0.1) is 16.4 Å². The van der Waals surface area contributed by atoms with E-state index >= 15 is 0 Å². The first kappa shape index (κ1) is 19.1. The Morgan fingerprint density at radius 2 is 1.45 bits per heavy atom. The van der Waals surface area contributed by atoms with E-state index in [1.165, 1.54) is 13.8 Å². The van der Waals surface area contributed by atoms with E-state index in [1.54, 1.807) is 0 Å². The predicted octanol–water partition coefficient (Wildman–Crippen LogP) is 1.16. The number of rotatable bonds is 8. The fraction of sp³-hybridized carbons (Fsp3) is 0.455. The molecule has 0 unspecified atom stereocenters. The molecule has 0 bridgehead atoms. The molecule has 0 rings (SSSR count). The van der Waals surface area contributed by atoms with Crippen LogP contribution in [-0.2, 0) is 29.5 Å². The van der Waals surface area contributed by atoms with Gasteiger partial charge < -0.3 is 0 Å². The molecule has 0 atom stereocenters. The number of allylic oxidation sites excluding steroid dienone is 2. The molecule has 6 nitrogen and oxygen atoms in total. The lowest BCUT2D eigenvalue weighted by Gasteiger charge is -2.03. The standard InChI is InChI=1S/C11H18O6S3/c1-4-18(12,13)9-7-8-11(20(16,17)6-3)10-19(14,15)5-2/h6-7,9-10H,3-5,8H2,1-2H3. The fourth-order valence-electron chi connectivity index (χ4n) is 1.03. The number of sulfone groups is 3. The average Bonchev–Trinajstić information content (AvgIpc) is 2.37. The van der Waals surface area contributed by atoms with E-state index in [0.29, 0.717) is 10.8 Å². The molecule has 0 saturated carbocycles. The molecule has 116 valence electrons. The third kappa shape index (κ3) is 6.49. The van der Waals surface area contributed by atoms with Crippen LogP contribution in [0.4, 0.5) is 0 Å². The first-order valence-electron chi connectivity index (χ1n) is 5.69. The van der Waals surface area contributed by atoms with E-state index in [0.717, 1.165) is 11.5 Å². The van der Waals surface area contributed by atoms with Crippen LogP contribution in [-0.4, -0.2) is 36.8 Å². The van der Waals surface area contributed by atoms with Gasteiger partial charge in [0.2, 0.25) is 0 Å². The Morgan fingerprint density at radius 3 is 1.85 bits per heavy atom. The summed E-state index contributed by atoms with van der Waals surface area (Å²) < 4.78 is 68.8. The monoisotopic (exact) mass is 342 g/mol. The SMILES string of the molecule is C=CS(=O)(=O)C(=CS(=O)(=O)CC)CC=CS(=O)(=O)CC. The van der Waals surface area contributed by atoms with Crippen molar-refractivity contribution in [1.82, 2.24) is 0 Å². The summed E-state index contributed by atoms with van der Waals surface area (Å²) in [5.74, 6) is -0.371. The number of hydrogen-bond donors (Lipinski definition) is 0. The topological polar surface area (TPSA) is 102 Å². The lowest BCUT2D eigenvalue weighted by molar-refractivity contribution is 0.602. The minimum atomic E-state index is -3.93. The molecule has 0 aliphatic carbocycles. The molecule has 0 aromatic heterocycles. The first-order valence-corrected chi connectivity index (χ1v) is 10.7. The summed E-state index contributed by atoms with van der Waals surface area (Å²) in [4.78, 5) is -0.406. The van der Waals surface area contributed by atoms with Crippen molar-refractivity contribution in [3.8, 4) is 0 Å². The highest BCUT2D eigenvalue weighted by Gasteiger charge is 2.16. The molecule has 0 spiro atoms. The molecule has 9 heteroatoms. The average molecular weight is 342 g/mol. The van der Waals surface area contributed by atoms with E-state index in [1.807, 2.05) is 0 Å². The van der Waals surface area contributed by atoms with Crippen LogP contribution in [0, 0.1) is 0 Å². The zero-order valence-corrected chi connectivity index (χ0v) is 13.8. The van der Waals surface area contributed by atoms with Crippen molar-refractivity contribution in [2.24, 2.45) is 0 Å². The highest BCUT2D eigenvalue weighted by atomic mass is 32.2. The van der Waals surface area contributed by atoms with Crippen LogP contribution in [0.15, 0.2) is 33.8 Å². The van der Waals surface area contributed by atoms with Crippen LogP contribution < -0.4 is 0 Å². The quantitative estimate of drug-likeness (QED) is 0.656. The van der Waals surface area contributed by atoms with Gasteiger partial charge in [0, 0.05) is 22.6 Å². The molecule has 0 aromatic carbocycles. The van der Waals surface area contributed by atoms with Crippen LogP contribution in [0.25, 0.3) is 0 Å². The Morgan fingerprint density at radius 1 is 0.950 bits per heavy atom. The minimum absolute atomic E-state index is 0.121. The summed E-state index contributed by atoms with van der Waals surface area (Å²) in [5, 5.41) is 2.15. The van der Waals surface area contributed by atoms with E-state index < -0.39 is 34.4 Å². The maximum Gasteiger partial charge on any atom is 0.196 e. The van der Waals surface area contributed by atoms with E-state index in [-0.39, 0.29) is 17.9 Å². The van der Waals surface area contributed by atoms with E-state index in [4.69, 9.17) is 0 Å². The number of hydrogen-bond acceptors (Lipinski definition) is 6. The molecule has 0 aliphatic heterocycles. The lowest BCUT2D eigenvalue weighted by atomic mass is 10.4. The Bertz CT molecular complexity index is 706. The van der Waals surface area contributed by atoms with Gasteiger partial charge in [-0.15, -0.1) is 0 Å². The van der Waals surface area contributed by atoms with Crippen LogP contribution in [0.5, 0.6) is 0 Å². The molecular weight excluding hydrogens is 324 g/mol. The Labute approximate surface area is 120 Å². The molecule has 0 aromatic rings. The van der Waals surface area contributed by atoms with Crippen molar-refractivity contribution in [1.29, 1.82) is 0 Å². The van der Waals surface area contributed by atoms with E-state index in [9.17, 15) is 25.3 Å². The zero-order chi connectivity index (χ0) is 16.0. The molecule has 20 heavy (non-hydrogen) atoms. The van der Waals surface area contributed by atoms with Crippen molar-refractivity contribution in [2.75, 3.05) is 11.5 Å². The normalized spacial score (nSPS) is 14.6.